The van der Waals surface area contributed by atoms with E-state index in [9.17, 15) is 4.57 Å². The SMILES string of the molecule is CCOP(=O)(OCC)C1SCc2cc(C)c(C)cc2CS1. The van der Waals surface area contributed by atoms with Gasteiger partial charge in [-0.05, 0) is 49.9 Å². The van der Waals surface area contributed by atoms with Crippen LogP contribution in [0.5, 0.6) is 0 Å². The molecule has 2 rings (SSSR count). The second-order valence-corrected chi connectivity index (χ2v) is 10.3. The average Bonchev–Trinajstić information content (AvgIpc) is 2.63. The number of hydrogen-bond acceptors (Lipinski definition) is 5. The maximum atomic E-state index is 12.9. The van der Waals surface area contributed by atoms with Gasteiger partial charge in [0.25, 0.3) is 0 Å². The van der Waals surface area contributed by atoms with Gasteiger partial charge in [-0.25, -0.2) is 0 Å². The highest BCUT2D eigenvalue weighted by atomic mass is 32.2. The van der Waals surface area contributed by atoms with E-state index in [1.54, 1.807) is 23.5 Å². The van der Waals surface area contributed by atoms with E-state index >= 15 is 0 Å². The summed E-state index contributed by atoms with van der Waals surface area (Å²) in [4.78, 5) is 0. The van der Waals surface area contributed by atoms with Crippen LogP contribution in [0.2, 0.25) is 0 Å². The molecule has 0 unspecified atom stereocenters. The first-order valence-corrected chi connectivity index (χ1v) is 10.9. The molecule has 0 aliphatic carbocycles. The molecule has 1 aliphatic rings. The first-order valence-electron chi connectivity index (χ1n) is 7.21. The molecule has 0 aromatic heterocycles. The molecule has 118 valence electrons. The predicted molar refractivity (Wildman–Crippen MR) is 93.2 cm³/mol. The Hall–Kier alpha value is 0.0700. The van der Waals surface area contributed by atoms with Crippen LogP contribution in [0.15, 0.2) is 12.1 Å². The van der Waals surface area contributed by atoms with Gasteiger partial charge in [-0.2, -0.15) is 0 Å². The minimum atomic E-state index is -3.05. The molecule has 0 saturated carbocycles. The van der Waals surface area contributed by atoms with Crippen LogP contribution >= 0.6 is 31.1 Å². The molecule has 0 atom stereocenters. The van der Waals surface area contributed by atoms with Gasteiger partial charge in [0.05, 0.1) is 13.2 Å². The van der Waals surface area contributed by atoms with Crippen molar-refractivity contribution in [3.05, 3.63) is 34.4 Å². The Morgan fingerprint density at radius 3 is 1.86 bits per heavy atom. The summed E-state index contributed by atoms with van der Waals surface area (Å²) in [5, 5.41) is 0. The first-order chi connectivity index (χ1) is 10.00. The zero-order valence-corrected chi connectivity index (χ0v) is 15.6. The van der Waals surface area contributed by atoms with Crippen molar-refractivity contribution in [3.8, 4) is 0 Å². The quantitative estimate of drug-likeness (QED) is 0.673. The van der Waals surface area contributed by atoms with E-state index in [1.807, 2.05) is 13.8 Å². The van der Waals surface area contributed by atoms with Crippen molar-refractivity contribution in [1.82, 2.24) is 0 Å². The monoisotopic (exact) mass is 346 g/mol. The Kier molecular flexibility index (Phi) is 6.27. The van der Waals surface area contributed by atoms with E-state index in [4.69, 9.17) is 9.05 Å². The van der Waals surface area contributed by atoms with Gasteiger partial charge in [0.1, 0.15) is 0 Å². The molecule has 1 heterocycles. The lowest BCUT2D eigenvalue weighted by Crippen LogP contribution is -2.06. The summed E-state index contributed by atoms with van der Waals surface area (Å²) >= 11 is 3.36. The van der Waals surface area contributed by atoms with Crippen LogP contribution in [0.25, 0.3) is 0 Å². The van der Waals surface area contributed by atoms with Gasteiger partial charge in [-0.1, -0.05) is 12.1 Å². The standard InChI is InChI=1S/C15H23O3PS2/c1-5-17-19(16,18-6-2)15-20-9-13-7-11(3)12(4)8-14(13)10-21-15/h7-8,15H,5-6,9-10H2,1-4H3. The van der Waals surface area contributed by atoms with E-state index in [1.165, 1.54) is 22.3 Å². The van der Waals surface area contributed by atoms with Crippen LogP contribution in [0, 0.1) is 13.8 Å². The van der Waals surface area contributed by atoms with Gasteiger partial charge in [0.15, 0.2) is 4.32 Å². The normalized spacial score (nSPS) is 16.6. The highest BCUT2D eigenvalue weighted by molar-refractivity contribution is 8.23. The molecule has 6 heteroatoms. The third-order valence-corrected chi connectivity index (χ3v) is 9.99. The van der Waals surface area contributed by atoms with Crippen LogP contribution in [0.1, 0.15) is 36.1 Å². The van der Waals surface area contributed by atoms with Crippen LogP contribution < -0.4 is 0 Å². The molecular formula is C15H23O3PS2. The van der Waals surface area contributed by atoms with Crippen LogP contribution in [0.3, 0.4) is 0 Å². The lowest BCUT2D eigenvalue weighted by atomic mass is 10.0. The van der Waals surface area contributed by atoms with Crippen molar-refractivity contribution in [2.24, 2.45) is 0 Å². The average molecular weight is 346 g/mol. The van der Waals surface area contributed by atoms with Crippen LogP contribution in [-0.4, -0.2) is 17.5 Å². The summed E-state index contributed by atoms with van der Waals surface area (Å²) in [6.45, 7) is 8.83. The van der Waals surface area contributed by atoms with Gasteiger partial charge in [0, 0.05) is 11.5 Å². The van der Waals surface area contributed by atoms with E-state index in [0.717, 1.165) is 11.5 Å². The third kappa shape index (κ3) is 4.08. The topological polar surface area (TPSA) is 35.5 Å². The lowest BCUT2D eigenvalue weighted by Gasteiger charge is -2.24. The fourth-order valence-corrected chi connectivity index (χ4v) is 7.93. The van der Waals surface area contributed by atoms with Gasteiger partial charge < -0.3 is 9.05 Å². The maximum Gasteiger partial charge on any atom is 0.353 e. The summed E-state index contributed by atoms with van der Waals surface area (Å²) in [7, 11) is -3.05. The molecule has 0 bridgehead atoms. The van der Waals surface area contributed by atoms with Gasteiger partial charge >= 0.3 is 7.60 Å². The van der Waals surface area contributed by atoms with Crippen molar-refractivity contribution in [1.29, 1.82) is 0 Å². The number of rotatable bonds is 5. The summed E-state index contributed by atoms with van der Waals surface area (Å²) in [5.74, 6) is 1.72. The summed E-state index contributed by atoms with van der Waals surface area (Å²) < 4.78 is 23.8. The Balaban J connectivity index is 2.20. The van der Waals surface area contributed by atoms with Gasteiger partial charge in [0.2, 0.25) is 0 Å². The Bertz CT molecular complexity index is 505. The molecule has 1 aliphatic heterocycles. The molecule has 1 aromatic carbocycles. The number of thioether (sulfide) groups is 2. The van der Waals surface area contributed by atoms with Crippen molar-refractivity contribution in [3.63, 3.8) is 0 Å². The molecule has 3 nitrogen and oxygen atoms in total. The highest BCUT2D eigenvalue weighted by Gasteiger charge is 2.37. The molecule has 0 N–H and O–H groups in total. The number of fused-ring (bicyclic) bond motifs is 1. The molecule has 0 saturated heterocycles. The fraction of sp³-hybridized carbons (Fsp3) is 0.600. The summed E-state index contributed by atoms with van der Waals surface area (Å²) in [6, 6.07) is 4.51. The molecule has 21 heavy (non-hydrogen) atoms. The zero-order chi connectivity index (χ0) is 15.5. The second-order valence-electron chi connectivity index (χ2n) is 5.01. The maximum absolute atomic E-state index is 12.9. The number of benzene rings is 1. The van der Waals surface area contributed by atoms with E-state index in [0.29, 0.717) is 13.2 Å². The summed E-state index contributed by atoms with van der Waals surface area (Å²) in [6.07, 6.45) is 0. The molecule has 0 spiro atoms. The van der Waals surface area contributed by atoms with Gasteiger partial charge in [-0.3, -0.25) is 4.57 Å². The molecule has 0 fully saturated rings. The molecule has 1 aromatic rings. The predicted octanol–water partition coefficient (Wildman–Crippen LogP) is 5.33. The minimum absolute atomic E-state index is 0.148. The number of hydrogen-bond donors (Lipinski definition) is 0. The van der Waals surface area contributed by atoms with Crippen molar-refractivity contribution in [2.75, 3.05) is 13.2 Å². The Morgan fingerprint density at radius 2 is 1.48 bits per heavy atom. The molecule has 0 radical (unpaired) electrons. The van der Waals surface area contributed by atoms with Crippen LogP contribution in [-0.2, 0) is 25.1 Å². The highest BCUT2D eigenvalue weighted by Crippen LogP contribution is 2.63. The minimum Gasteiger partial charge on any atom is -0.308 e. The molecule has 0 amide bonds. The smallest absolute Gasteiger partial charge is 0.308 e. The molecular weight excluding hydrogens is 323 g/mol. The second kappa shape index (κ2) is 7.56. The largest absolute Gasteiger partial charge is 0.353 e. The van der Waals surface area contributed by atoms with Crippen LogP contribution in [0.4, 0.5) is 0 Å². The lowest BCUT2D eigenvalue weighted by molar-refractivity contribution is 0.222. The van der Waals surface area contributed by atoms with E-state index < -0.39 is 7.60 Å². The Morgan fingerprint density at radius 1 is 1.05 bits per heavy atom. The van der Waals surface area contributed by atoms with Crippen molar-refractivity contribution in [2.45, 2.75) is 43.5 Å². The number of aryl methyl sites for hydroxylation is 2. The van der Waals surface area contributed by atoms with E-state index in [-0.39, 0.29) is 4.32 Å². The zero-order valence-electron chi connectivity index (χ0n) is 13.0. The van der Waals surface area contributed by atoms with Crippen molar-refractivity contribution >= 4 is 31.1 Å². The third-order valence-electron chi connectivity index (χ3n) is 3.46. The fourth-order valence-electron chi connectivity index (χ4n) is 2.28. The Labute approximate surface area is 136 Å². The first kappa shape index (κ1) is 17.4. The van der Waals surface area contributed by atoms with Crippen molar-refractivity contribution < 1.29 is 13.6 Å². The summed E-state index contributed by atoms with van der Waals surface area (Å²) in [5.41, 5.74) is 5.32. The van der Waals surface area contributed by atoms with E-state index in [2.05, 4.69) is 26.0 Å². The van der Waals surface area contributed by atoms with Gasteiger partial charge in [-0.15, -0.1) is 23.5 Å².